The number of hydrogen-bond acceptors (Lipinski definition) is 4. The van der Waals surface area contributed by atoms with Crippen LogP contribution in [-0.2, 0) is 4.79 Å². The average molecular weight is 238 g/mol. The zero-order valence-corrected chi connectivity index (χ0v) is 9.51. The predicted octanol–water partition coefficient (Wildman–Crippen LogP) is 0.192. The van der Waals surface area contributed by atoms with E-state index < -0.39 is 5.97 Å². The zero-order chi connectivity index (χ0) is 12.4. The standard InChI is InChI=1S/C10H14N4O3/c1-6-11-9(13-12-6)10(17)14-4-2-3-7(14)5-8(15)16/h7H,2-5H2,1H3,(H,15,16)(H,11,12,13). The molecule has 1 aromatic heterocycles. The highest BCUT2D eigenvalue weighted by Gasteiger charge is 2.32. The summed E-state index contributed by atoms with van der Waals surface area (Å²) in [4.78, 5) is 28.2. The Morgan fingerprint density at radius 2 is 2.35 bits per heavy atom. The Kier molecular flexibility index (Phi) is 3.08. The molecule has 2 N–H and O–H groups in total. The van der Waals surface area contributed by atoms with Gasteiger partial charge in [0, 0.05) is 12.6 Å². The minimum Gasteiger partial charge on any atom is -0.481 e. The van der Waals surface area contributed by atoms with Gasteiger partial charge in [0.15, 0.2) is 0 Å². The van der Waals surface area contributed by atoms with Gasteiger partial charge in [-0.25, -0.2) is 4.98 Å². The van der Waals surface area contributed by atoms with Gasteiger partial charge >= 0.3 is 5.97 Å². The molecule has 0 bridgehead atoms. The Morgan fingerprint density at radius 3 is 2.94 bits per heavy atom. The molecule has 7 nitrogen and oxygen atoms in total. The van der Waals surface area contributed by atoms with E-state index in [0.29, 0.717) is 12.4 Å². The lowest BCUT2D eigenvalue weighted by Gasteiger charge is -2.21. The van der Waals surface area contributed by atoms with Crippen molar-refractivity contribution in [2.75, 3.05) is 6.54 Å². The molecule has 1 aromatic rings. The molecule has 1 saturated heterocycles. The molecule has 1 aliphatic rings. The number of carbonyl (C=O) groups excluding carboxylic acids is 1. The number of rotatable bonds is 3. The monoisotopic (exact) mass is 238 g/mol. The van der Waals surface area contributed by atoms with E-state index in [1.807, 2.05) is 0 Å². The van der Waals surface area contributed by atoms with E-state index in [1.54, 1.807) is 11.8 Å². The first-order valence-electron chi connectivity index (χ1n) is 5.49. The first-order valence-corrected chi connectivity index (χ1v) is 5.49. The Hall–Kier alpha value is -1.92. The number of aliphatic carboxylic acids is 1. The Morgan fingerprint density at radius 1 is 1.59 bits per heavy atom. The fourth-order valence-electron chi connectivity index (χ4n) is 2.08. The van der Waals surface area contributed by atoms with Gasteiger partial charge in [0.1, 0.15) is 5.82 Å². The molecule has 1 unspecified atom stereocenters. The third-order valence-electron chi connectivity index (χ3n) is 2.84. The van der Waals surface area contributed by atoms with E-state index in [1.165, 1.54) is 0 Å². The van der Waals surface area contributed by atoms with Crippen LogP contribution in [0.5, 0.6) is 0 Å². The lowest BCUT2D eigenvalue weighted by Crippen LogP contribution is -2.37. The second-order valence-corrected chi connectivity index (χ2v) is 4.14. The summed E-state index contributed by atoms with van der Waals surface area (Å²) in [5.41, 5.74) is 0. The summed E-state index contributed by atoms with van der Waals surface area (Å²) in [5.74, 6) is -0.499. The van der Waals surface area contributed by atoms with Crippen molar-refractivity contribution in [2.24, 2.45) is 0 Å². The molecule has 1 atom stereocenters. The summed E-state index contributed by atoms with van der Waals surface area (Å²) in [6, 6.07) is -0.237. The van der Waals surface area contributed by atoms with Crippen LogP contribution < -0.4 is 0 Å². The minimum absolute atomic E-state index is 0.0187. The van der Waals surface area contributed by atoms with Crippen molar-refractivity contribution in [3.63, 3.8) is 0 Å². The molecule has 0 spiro atoms. The van der Waals surface area contributed by atoms with Gasteiger partial charge in [0.2, 0.25) is 5.82 Å². The number of aromatic amines is 1. The van der Waals surface area contributed by atoms with Gasteiger partial charge < -0.3 is 10.0 Å². The van der Waals surface area contributed by atoms with Crippen LogP contribution in [0.25, 0.3) is 0 Å². The van der Waals surface area contributed by atoms with Crippen molar-refractivity contribution in [3.05, 3.63) is 11.6 Å². The number of amides is 1. The van der Waals surface area contributed by atoms with Crippen LogP contribution in [0.2, 0.25) is 0 Å². The SMILES string of the molecule is Cc1nc(C(=O)N2CCCC2CC(=O)O)n[nH]1. The van der Waals surface area contributed by atoms with Crippen LogP contribution in [0.3, 0.4) is 0 Å². The summed E-state index contributed by atoms with van der Waals surface area (Å²) in [7, 11) is 0. The smallest absolute Gasteiger partial charge is 0.305 e. The molecular formula is C10H14N4O3. The van der Waals surface area contributed by atoms with Crippen molar-refractivity contribution in [2.45, 2.75) is 32.2 Å². The Labute approximate surface area is 97.8 Å². The maximum absolute atomic E-state index is 12.0. The number of aryl methyl sites for hydroxylation is 1. The average Bonchev–Trinajstić information content (AvgIpc) is 2.85. The molecule has 1 aliphatic heterocycles. The van der Waals surface area contributed by atoms with Gasteiger partial charge in [-0.15, -0.1) is 5.10 Å². The second kappa shape index (κ2) is 4.52. The van der Waals surface area contributed by atoms with Gasteiger partial charge in [-0.2, -0.15) is 0 Å². The van der Waals surface area contributed by atoms with E-state index in [0.717, 1.165) is 12.8 Å². The number of hydrogen-bond donors (Lipinski definition) is 2. The number of carbonyl (C=O) groups is 2. The topological polar surface area (TPSA) is 99.2 Å². The van der Waals surface area contributed by atoms with E-state index in [-0.39, 0.29) is 24.2 Å². The van der Waals surface area contributed by atoms with Gasteiger partial charge in [0.05, 0.1) is 6.42 Å². The molecule has 17 heavy (non-hydrogen) atoms. The van der Waals surface area contributed by atoms with Crippen LogP contribution >= 0.6 is 0 Å². The van der Waals surface area contributed by atoms with E-state index in [4.69, 9.17) is 5.11 Å². The van der Waals surface area contributed by atoms with Gasteiger partial charge in [-0.05, 0) is 19.8 Å². The van der Waals surface area contributed by atoms with Gasteiger partial charge in [-0.3, -0.25) is 14.7 Å². The first-order chi connectivity index (χ1) is 8.08. The predicted molar refractivity (Wildman–Crippen MR) is 57.4 cm³/mol. The van der Waals surface area contributed by atoms with Crippen LogP contribution in [0.15, 0.2) is 0 Å². The van der Waals surface area contributed by atoms with Crippen molar-refractivity contribution >= 4 is 11.9 Å². The van der Waals surface area contributed by atoms with E-state index in [9.17, 15) is 9.59 Å². The highest BCUT2D eigenvalue weighted by atomic mass is 16.4. The highest BCUT2D eigenvalue weighted by molar-refractivity contribution is 5.91. The number of carboxylic acid groups (broad SMARTS) is 1. The number of H-pyrrole nitrogens is 1. The van der Waals surface area contributed by atoms with E-state index in [2.05, 4.69) is 15.2 Å². The van der Waals surface area contributed by atoms with Crippen LogP contribution in [0.4, 0.5) is 0 Å². The third-order valence-corrected chi connectivity index (χ3v) is 2.84. The van der Waals surface area contributed by atoms with Gasteiger partial charge in [0.25, 0.3) is 5.91 Å². The van der Waals surface area contributed by atoms with Crippen molar-refractivity contribution in [1.29, 1.82) is 0 Å². The maximum atomic E-state index is 12.0. The molecular weight excluding hydrogens is 224 g/mol. The molecule has 0 radical (unpaired) electrons. The summed E-state index contributed by atoms with van der Waals surface area (Å²) in [6.45, 7) is 2.28. The molecule has 1 fully saturated rings. The fraction of sp³-hybridized carbons (Fsp3) is 0.600. The quantitative estimate of drug-likeness (QED) is 0.783. The van der Waals surface area contributed by atoms with Crippen LogP contribution in [-0.4, -0.2) is 49.7 Å². The van der Waals surface area contributed by atoms with Crippen LogP contribution in [0.1, 0.15) is 35.7 Å². The second-order valence-electron chi connectivity index (χ2n) is 4.14. The number of nitrogens with one attached hydrogen (secondary N) is 1. The molecule has 2 heterocycles. The molecule has 0 saturated carbocycles. The molecule has 0 aliphatic carbocycles. The molecule has 7 heteroatoms. The fourth-order valence-corrected chi connectivity index (χ4v) is 2.08. The number of likely N-dealkylation sites (tertiary alicyclic amines) is 1. The minimum atomic E-state index is -0.888. The first kappa shape index (κ1) is 11.6. The van der Waals surface area contributed by atoms with E-state index >= 15 is 0 Å². The lowest BCUT2D eigenvalue weighted by molar-refractivity contribution is -0.137. The largest absolute Gasteiger partial charge is 0.481 e. The number of nitrogens with zero attached hydrogens (tertiary/aromatic N) is 3. The molecule has 0 aromatic carbocycles. The van der Waals surface area contributed by atoms with Crippen molar-refractivity contribution in [3.8, 4) is 0 Å². The Balaban J connectivity index is 2.10. The Bertz CT molecular complexity index is 443. The van der Waals surface area contributed by atoms with Gasteiger partial charge in [-0.1, -0.05) is 0 Å². The van der Waals surface area contributed by atoms with Crippen molar-refractivity contribution < 1.29 is 14.7 Å². The van der Waals surface area contributed by atoms with Crippen LogP contribution in [0, 0.1) is 6.92 Å². The normalized spacial score (nSPS) is 19.6. The zero-order valence-electron chi connectivity index (χ0n) is 9.51. The number of carboxylic acids is 1. The highest BCUT2D eigenvalue weighted by Crippen LogP contribution is 2.21. The summed E-state index contributed by atoms with van der Waals surface area (Å²) >= 11 is 0. The lowest BCUT2D eigenvalue weighted by atomic mass is 10.1. The summed E-state index contributed by atoms with van der Waals surface area (Å²) < 4.78 is 0. The molecule has 92 valence electrons. The third kappa shape index (κ3) is 2.43. The summed E-state index contributed by atoms with van der Waals surface area (Å²) in [5, 5.41) is 15.2. The molecule has 1 amide bonds. The summed E-state index contributed by atoms with van der Waals surface area (Å²) in [6.07, 6.45) is 1.53. The molecule has 2 rings (SSSR count). The van der Waals surface area contributed by atoms with Crippen molar-refractivity contribution in [1.82, 2.24) is 20.1 Å². The maximum Gasteiger partial charge on any atom is 0.305 e. The number of aromatic nitrogens is 3.